The molecule has 0 spiro atoms. The van der Waals surface area contributed by atoms with Gasteiger partial charge < -0.3 is 10.7 Å². The number of rotatable bonds is 5. The topological polar surface area (TPSA) is 4.44 Å². The van der Waals surface area contributed by atoms with Crippen LogP contribution in [0.1, 0.15) is 64.7 Å². The Kier molecular flexibility index (Phi) is 9.13. The quantitative estimate of drug-likeness (QED) is 0.160. The van der Waals surface area contributed by atoms with E-state index in [1.165, 1.54) is 0 Å². The molecule has 218 valence electrons. The van der Waals surface area contributed by atoms with Gasteiger partial charge in [-0.2, -0.15) is 0 Å². The molecule has 4 rings (SSSR count). The summed E-state index contributed by atoms with van der Waals surface area (Å²) in [6.07, 6.45) is -0.159. The maximum atomic E-state index is 15.7. The van der Waals surface area contributed by atoms with Gasteiger partial charge in [-0.25, -0.2) is 43.9 Å². The molecular weight excluding hydrogens is 551 g/mol. The summed E-state index contributed by atoms with van der Waals surface area (Å²) >= 11 is 0. The number of halogens is 10. The Morgan fingerprint density at radius 1 is 0.600 bits per heavy atom. The lowest BCUT2D eigenvalue weighted by molar-refractivity contribution is -0.931. The molecule has 1 saturated heterocycles. The predicted molar refractivity (Wildman–Crippen MR) is 131 cm³/mol. The molecule has 12 heteroatoms. The fourth-order valence-corrected chi connectivity index (χ4v) is 6.87. The second-order valence-electron chi connectivity index (χ2n) is 10.7. The highest BCUT2D eigenvalue weighted by Crippen LogP contribution is 2.39. The average molecular weight is 579 g/mol. The Morgan fingerprint density at radius 2 is 1.02 bits per heavy atom. The van der Waals surface area contributed by atoms with Gasteiger partial charge in [0, 0.05) is 6.42 Å². The smallest absolute Gasteiger partial charge is 0.200 e. The van der Waals surface area contributed by atoms with Crippen LogP contribution in [0.15, 0.2) is 0 Å². The Balaban J connectivity index is 2.22. The SMILES string of the molecule is CCCC#C[B-](c1c(F)c(F)c(F)c(F)c1F)(c1c(F)c(F)c(F)c(F)c1F)[C@@H]1CCCC[C@H]1[NH+]1CCCCC1. The molecule has 2 atom stereocenters. The number of nitrogens with one attached hydrogen (secondary N) is 1. The summed E-state index contributed by atoms with van der Waals surface area (Å²) < 4.78 is 150. The van der Waals surface area contributed by atoms with Crippen molar-refractivity contribution in [1.82, 2.24) is 0 Å². The van der Waals surface area contributed by atoms with Crippen LogP contribution in [0, 0.1) is 69.9 Å². The van der Waals surface area contributed by atoms with E-state index >= 15 is 17.6 Å². The summed E-state index contributed by atoms with van der Waals surface area (Å²) in [6, 6.07) is -0.644. The molecule has 40 heavy (non-hydrogen) atoms. The summed E-state index contributed by atoms with van der Waals surface area (Å²) in [6.45, 7) is 2.77. The Labute approximate surface area is 225 Å². The van der Waals surface area contributed by atoms with Crippen LogP contribution in [-0.2, 0) is 0 Å². The molecule has 2 fully saturated rings. The molecule has 0 bridgehead atoms. The molecule has 0 amide bonds. The van der Waals surface area contributed by atoms with E-state index in [0.29, 0.717) is 38.8 Å². The number of quaternary nitrogens is 1. The van der Waals surface area contributed by atoms with Crippen LogP contribution in [-0.4, -0.2) is 25.3 Å². The number of benzene rings is 2. The summed E-state index contributed by atoms with van der Waals surface area (Å²) in [7, 11) is 0. The highest BCUT2D eigenvalue weighted by atomic mass is 19.2. The molecular formula is C28H28BF10N. The van der Waals surface area contributed by atoms with E-state index in [0.717, 1.165) is 24.2 Å². The lowest BCUT2D eigenvalue weighted by Gasteiger charge is -2.52. The van der Waals surface area contributed by atoms with Crippen molar-refractivity contribution in [3.8, 4) is 11.7 Å². The van der Waals surface area contributed by atoms with Gasteiger partial charge in [0.05, 0.1) is 19.1 Å². The summed E-state index contributed by atoms with van der Waals surface area (Å²) in [5.41, 5.74) is -3.28. The van der Waals surface area contributed by atoms with Crippen molar-refractivity contribution in [1.29, 1.82) is 0 Å². The predicted octanol–water partition coefficient (Wildman–Crippen LogP) is 5.36. The minimum absolute atomic E-state index is 0.0255. The van der Waals surface area contributed by atoms with Gasteiger partial charge in [-0.05, 0) is 38.5 Å². The van der Waals surface area contributed by atoms with E-state index in [2.05, 4.69) is 11.7 Å². The van der Waals surface area contributed by atoms with Crippen LogP contribution >= 0.6 is 0 Å². The van der Waals surface area contributed by atoms with E-state index in [1.807, 2.05) is 0 Å². The first-order chi connectivity index (χ1) is 19.0. The molecule has 1 aliphatic carbocycles. The van der Waals surface area contributed by atoms with Crippen molar-refractivity contribution in [3.63, 3.8) is 0 Å². The van der Waals surface area contributed by atoms with Crippen LogP contribution in [0.5, 0.6) is 0 Å². The van der Waals surface area contributed by atoms with Gasteiger partial charge in [-0.15, -0.1) is 16.8 Å². The zero-order chi connectivity index (χ0) is 29.4. The van der Waals surface area contributed by atoms with E-state index in [-0.39, 0.29) is 12.8 Å². The second kappa shape index (κ2) is 12.1. The third kappa shape index (κ3) is 4.88. The molecule has 1 aliphatic heterocycles. The van der Waals surface area contributed by atoms with Crippen molar-refractivity contribution in [2.75, 3.05) is 13.1 Å². The summed E-state index contributed by atoms with van der Waals surface area (Å²) in [5.74, 6) is -20.5. The molecule has 1 heterocycles. The molecule has 2 aromatic carbocycles. The Bertz CT molecular complexity index is 1220. The molecule has 1 N–H and O–H groups in total. The van der Waals surface area contributed by atoms with Gasteiger partial charge in [0.25, 0.3) is 0 Å². The fourth-order valence-electron chi connectivity index (χ4n) is 6.87. The standard InChI is InChI=1S/C28H27BF10N/c1-2-3-7-12-29(17-19(30)23(34)27(38)24(35)20(17)31,18-21(32)25(36)28(39)26(37)22(18)33)15-10-5-6-11-16(15)40-13-8-4-9-14-40/h15-16H,2-6,8-11,13-14H2,1H3/q-1/p+1/t15-,16-/m1/s1. The molecule has 0 radical (unpaired) electrons. The normalized spacial score (nSPS) is 20.4. The molecule has 1 nitrogen and oxygen atoms in total. The highest BCUT2D eigenvalue weighted by Gasteiger charge is 2.51. The van der Waals surface area contributed by atoms with Crippen molar-refractivity contribution < 1.29 is 48.8 Å². The van der Waals surface area contributed by atoms with Gasteiger partial charge >= 0.3 is 0 Å². The van der Waals surface area contributed by atoms with Crippen molar-refractivity contribution in [3.05, 3.63) is 58.2 Å². The third-order valence-electron chi connectivity index (χ3n) is 8.58. The zero-order valence-electron chi connectivity index (χ0n) is 21.8. The van der Waals surface area contributed by atoms with Gasteiger partial charge in [0.1, 0.15) is 29.4 Å². The van der Waals surface area contributed by atoms with Crippen molar-refractivity contribution in [2.24, 2.45) is 0 Å². The number of hydrogen-bond acceptors (Lipinski definition) is 0. The lowest BCUT2D eigenvalue weighted by atomic mass is 9.11. The first kappa shape index (κ1) is 30.3. The van der Waals surface area contributed by atoms with E-state index in [9.17, 15) is 26.3 Å². The zero-order valence-corrected chi connectivity index (χ0v) is 21.8. The minimum atomic E-state index is -4.11. The minimum Gasteiger partial charge on any atom is -0.335 e. The number of hydrogen-bond donors (Lipinski definition) is 1. The maximum Gasteiger partial charge on any atom is 0.200 e. The largest absolute Gasteiger partial charge is 0.335 e. The van der Waals surface area contributed by atoms with Gasteiger partial charge in [-0.1, -0.05) is 25.6 Å². The first-order valence-electron chi connectivity index (χ1n) is 13.5. The third-order valence-corrected chi connectivity index (χ3v) is 8.58. The number of unbranched alkanes of at least 4 members (excludes halogenated alkanes) is 1. The van der Waals surface area contributed by atoms with Crippen LogP contribution in [0.4, 0.5) is 43.9 Å². The van der Waals surface area contributed by atoms with E-state index < -0.39 is 87.1 Å². The van der Waals surface area contributed by atoms with Crippen molar-refractivity contribution in [2.45, 2.75) is 76.6 Å². The average Bonchev–Trinajstić information content (AvgIpc) is 2.97. The highest BCUT2D eigenvalue weighted by molar-refractivity contribution is 7.09. The maximum absolute atomic E-state index is 15.7. The molecule has 0 unspecified atom stereocenters. The van der Waals surface area contributed by atoms with Crippen LogP contribution in [0.25, 0.3) is 0 Å². The number of piperidine rings is 1. The van der Waals surface area contributed by atoms with Gasteiger partial charge in [0.2, 0.25) is 0 Å². The van der Waals surface area contributed by atoms with Crippen molar-refractivity contribution >= 4 is 17.1 Å². The number of likely N-dealkylation sites (tertiary alicyclic amines) is 1. The molecule has 1 saturated carbocycles. The molecule has 0 aromatic heterocycles. The Hall–Kier alpha value is -2.68. The van der Waals surface area contributed by atoms with Crippen LogP contribution < -0.4 is 15.8 Å². The van der Waals surface area contributed by atoms with E-state index in [4.69, 9.17) is 0 Å². The second-order valence-corrected chi connectivity index (χ2v) is 10.7. The summed E-state index contributed by atoms with van der Waals surface area (Å²) in [4.78, 5) is 0.882. The van der Waals surface area contributed by atoms with Gasteiger partial charge in [0.15, 0.2) is 34.9 Å². The van der Waals surface area contributed by atoms with E-state index in [1.54, 1.807) is 6.92 Å². The molecule has 2 aliphatic rings. The lowest BCUT2D eigenvalue weighted by Crippen LogP contribution is -3.17. The fraction of sp³-hybridized carbons (Fsp3) is 0.500. The molecule has 2 aromatic rings. The monoisotopic (exact) mass is 579 g/mol. The first-order valence-corrected chi connectivity index (χ1v) is 13.5. The van der Waals surface area contributed by atoms with Crippen LogP contribution in [0.3, 0.4) is 0 Å². The van der Waals surface area contributed by atoms with Crippen LogP contribution in [0.2, 0.25) is 5.82 Å². The van der Waals surface area contributed by atoms with Gasteiger partial charge in [-0.3, -0.25) is 0 Å². The summed E-state index contributed by atoms with van der Waals surface area (Å²) in [5, 5.41) is 0. The Morgan fingerprint density at radius 3 is 1.48 bits per heavy atom.